The van der Waals surface area contributed by atoms with Crippen LogP contribution < -0.4 is 23.2 Å². The molecule has 4 heteroatoms. The Balaban J connectivity index is 0.000001000. The van der Waals surface area contributed by atoms with Crippen LogP contribution in [0.5, 0.6) is 0 Å². The first-order valence-electron chi connectivity index (χ1n) is 3.07. The van der Waals surface area contributed by atoms with E-state index in [0.717, 1.165) is 11.3 Å². The molecule has 0 radical (unpaired) electrons. The van der Waals surface area contributed by atoms with Gasteiger partial charge >= 0.3 is 0 Å². The van der Waals surface area contributed by atoms with Crippen molar-refractivity contribution in [1.82, 2.24) is 6.15 Å². The van der Waals surface area contributed by atoms with Crippen molar-refractivity contribution in [2.45, 2.75) is 6.92 Å². The minimum Gasteiger partial charge on any atom is -0.397 e. The molecular formula is C7H14N4. The first-order valence-corrected chi connectivity index (χ1v) is 3.07. The number of hydrogen-bond donors (Lipinski definition) is 4. The van der Waals surface area contributed by atoms with Gasteiger partial charge in [0.25, 0.3) is 0 Å². The van der Waals surface area contributed by atoms with Crippen LogP contribution in [0.2, 0.25) is 0 Å². The van der Waals surface area contributed by atoms with Crippen molar-refractivity contribution < 1.29 is 0 Å². The molecule has 0 saturated heterocycles. The first-order chi connectivity index (χ1) is 4.74. The summed E-state index contributed by atoms with van der Waals surface area (Å²) in [7, 11) is 0. The summed E-state index contributed by atoms with van der Waals surface area (Å²) in [6.45, 7) is 1.99. The van der Waals surface area contributed by atoms with Gasteiger partial charge in [-0.25, -0.2) is 0 Å². The fraction of sp³-hybridized carbons (Fsp3) is 0.143. The maximum absolute atomic E-state index is 5.56. The number of nitrogens with one attached hydrogen (secondary N) is 1. The van der Waals surface area contributed by atoms with E-state index in [1.807, 2.05) is 25.1 Å². The normalized spacial score (nSPS) is 8.55. The van der Waals surface area contributed by atoms with Gasteiger partial charge in [-0.05, 0) is 24.6 Å². The Morgan fingerprint density at radius 2 is 2.00 bits per heavy atom. The number of hydrogen-bond acceptors (Lipinski definition) is 4. The lowest BCUT2D eigenvalue weighted by molar-refractivity contribution is 1.33. The molecular weight excluding hydrogens is 140 g/mol. The van der Waals surface area contributed by atoms with Gasteiger partial charge < -0.3 is 17.3 Å². The van der Waals surface area contributed by atoms with E-state index >= 15 is 0 Å². The van der Waals surface area contributed by atoms with Crippen molar-refractivity contribution in [3.63, 3.8) is 0 Å². The molecule has 0 unspecified atom stereocenters. The lowest BCUT2D eigenvalue weighted by Crippen LogP contribution is -2.08. The second-order valence-electron chi connectivity index (χ2n) is 2.24. The third-order valence-electron chi connectivity index (χ3n) is 1.36. The fourth-order valence-electron chi connectivity index (χ4n) is 0.795. The Morgan fingerprint density at radius 3 is 2.45 bits per heavy atom. The number of nitrogens with two attached hydrogens (primary N) is 2. The van der Waals surface area contributed by atoms with E-state index in [9.17, 15) is 0 Å². The standard InChI is InChI=1S/C7H11N3.H3N/c1-5-2-3-6(8)7(4-5)10-9;/h2-4,10H,8-9H2,1H3;1H3. The molecule has 0 amide bonds. The molecule has 0 fully saturated rings. The monoisotopic (exact) mass is 154 g/mol. The molecule has 1 aromatic rings. The number of nitrogen functional groups attached to an aromatic ring is 2. The zero-order valence-corrected chi connectivity index (χ0v) is 6.59. The quantitative estimate of drug-likeness (QED) is 0.276. The summed E-state index contributed by atoms with van der Waals surface area (Å²) in [5, 5.41) is 0. The van der Waals surface area contributed by atoms with Crippen molar-refractivity contribution in [1.29, 1.82) is 0 Å². The van der Waals surface area contributed by atoms with Crippen LogP contribution in [0.25, 0.3) is 0 Å². The molecule has 1 aromatic carbocycles. The average molecular weight is 154 g/mol. The van der Waals surface area contributed by atoms with Crippen molar-refractivity contribution in [2.24, 2.45) is 5.84 Å². The van der Waals surface area contributed by atoms with E-state index < -0.39 is 0 Å². The van der Waals surface area contributed by atoms with Crippen molar-refractivity contribution >= 4 is 11.4 Å². The van der Waals surface area contributed by atoms with Crippen LogP contribution in [0, 0.1) is 6.92 Å². The Morgan fingerprint density at radius 1 is 1.36 bits per heavy atom. The van der Waals surface area contributed by atoms with Crippen LogP contribution in [0.15, 0.2) is 18.2 Å². The second kappa shape index (κ2) is 3.80. The highest BCUT2D eigenvalue weighted by Crippen LogP contribution is 2.17. The summed E-state index contributed by atoms with van der Waals surface area (Å²) in [5.74, 6) is 5.19. The lowest BCUT2D eigenvalue weighted by atomic mass is 10.2. The van der Waals surface area contributed by atoms with Gasteiger partial charge in [0.15, 0.2) is 0 Å². The van der Waals surface area contributed by atoms with Gasteiger partial charge in [0, 0.05) is 0 Å². The third-order valence-corrected chi connectivity index (χ3v) is 1.36. The second-order valence-corrected chi connectivity index (χ2v) is 2.24. The SMILES string of the molecule is Cc1ccc(N)c(NN)c1.N. The van der Waals surface area contributed by atoms with Gasteiger partial charge in [-0.15, -0.1) is 0 Å². The molecule has 8 N–H and O–H groups in total. The predicted molar refractivity (Wildman–Crippen MR) is 48.4 cm³/mol. The smallest absolute Gasteiger partial charge is 0.0718 e. The van der Waals surface area contributed by atoms with Gasteiger partial charge in [-0.1, -0.05) is 6.07 Å². The van der Waals surface area contributed by atoms with Gasteiger partial charge in [0.2, 0.25) is 0 Å². The van der Waals surface area contributed by atoms with E-state index in [1.54, 1.807) is 0 Å². The van der Waals surface area contributed by atoms with Crippen LogP contribution >= 0.6 is 0 Å². The highest BCUT2D eigenvalue weighted by molar-refractivity contribution is 5.66. The molecule has 11 heavy (non-hydrogen) atoms. The summed E-state index contributed by atoms with van der Waals surface area (Å²) in [6.07, 6.45) is 0. The van der Waals surface area contributed by atoms with E-state index in [4.69, 9.17) is 11.6 Å². The van der Waals surface area contributed by atoms with E-state index in [1.165, 1.54) is 0 Å². The first kappa shape index (κ1) is 9.74. The molecule has 0 aliphatic heterocycles. The molecule has 0 saturated carbocycles. The molecule has 0 heterocycles. The van der Waals surface area contributed by atoms with Crippen molar-refractivity contribution in [3.8, 4) is 0 Å². The largest absolute Gasteiger partial charge is 0.397 e. The van der Waals surface area contributed by atoms with Gasteiger partial charge in [-0.2, -0.15) is 0 Å². The average Bonchev–Trinajstić information content (AvgIpc) is 1.94. The van der Waals surface area contributed by atoms with E-state index in [-0.39, 0.29) is 6.15 Å². The molecule has 62 valence electrons. The maximum atomic E-state index is 5.56. The summed E-state index contributed by atoms with van der Waals surface area (Å²) in [4.78, 5) is 0. The summed E-state index contributed by atoms with van der Waals surface area (Å²) >= 11 is 0. The number of hydrazine groups is 1. The van der Waals surface area contributed by atoms with Gasteiger partial charge in [0.1, 0.15) is 0 Å². The lowest BCUT2D eigenvalue weighted by Gasteiger charge is -2.03. The molecule has 1 rings (SSSR count). The molecule has 0 atom stereocenters. The Kier molecular flexibility index (Phi) is 3.36. The van der Waals surface area contributed by atoms with Gasteiger partial charge in [-0.3, -0.25) is 5.84 Å². The van der Waals surface area contributed by atoms with E-state index in [0.29, 0.717) is 5.69 Å². The summed E-state index contributed by atoms with van der Waals surface area (Å²) in [5.41, 5.74) is 10.7. The minimum absolute atomic E-state index is 0. The Bertz CT molecular complexity index is 234. The summed E-state index contributed by atoms with van der Waals surface area (Å²) in [6, 6.07) is 5.66. The zero-order valence-electron chi connectivity index (χ0n) is 6.59. The molecule has 0 spiro atoms. The highest BCUT2D eigenvalue weighted by Gasteiger charge is 1.94. The van der Waals surface area contributed by atoms with Crippen LogP contribution in [-0.2, 0) is 0 Å². The zero-order chi connectivity index (χ0) is 7.56. The highest BCUT2D eigenvalue weighted by atomic mass is 15.2. The maximum Gasteiger partial charge on any atom is 0.0718 e. The molecule has 4 nitrogen and oxygen atoms in total. The number of rotatable bonds is 1. The predicted octanol–water partition coefficient (Wildman–Crippen LogP) is 1.02. The molecule has 0 aliphatic carbocycles. The van der Waals surface area contributed by atoms with Crippen molar-refractivity contribution in [3.05, 3.63) is 23.8 Å². The number of aryl methyl sites for hydroxylation is 1. The summed E-state index contributed by atoms with van der Waals surface area (Å²) < 4.78 is 0. The number of benzene rings is 1. The van der Waals surface area contributed by atoms with E-state index in [2.05, 4.69) is 5.43 Å². The number of anilines is 2. The van der Waals surface area contributed by atoms with Crippen LogP contribution in [0.3, 0.4) is 0 Å². The third kappa shape index (κ3) is 2.10. The van der Waals surface area contributed by atoms with Crippen molar-refractivity contribution in [2.75, 3.05) is 11.2 Å². The fourth-order valence-corrected chi connectivity index (χ4v) is 0.795. The Hall–Kier alpha value is -1.26. The van der Waals surface area contributed by atoms with Crippen LogP contribution in [0.1, 0.15) is 5.56 Å². The van der Waals surface area contributed by atoms with Crippen LogP contribution in [-0.4, -0.2) is 0 Å². The molecule has 0 aromatic heterocycles. The topological polar surface area (TPSA) is 99.1 Å². The molecule has 0 aliphatic rings. The minimum atomic E-state index is 0. The molecule has 0 bridgehead atoms. The van der Waals surface area contributed by atoms with Crippen LogP contribution in [0.4, 0.5) is 11.4 Å². The Labute approximate surface area is 66.1 Å². The van der Waals surface area contributed by atoms with Gasteiger partial charge in [0.05, 0.1) is 11.4 Å².